The minimum absolute atomic E-state index is 0.159. The lowest BCUT2D eigenvalue weighted by molar-refractivity contribution is 0.0675. The van der Waals surface area contributed by atoms with E-state index in [0.29, 0.717) is 36.9 Å². The van der Waals surface area contributed by atoms with Crippen LogP contribution in [-0.4, -0.2) is 59.6 Å². The minimum atomic E-state index is -1.02. The highest BCUT2D eigenvalue weighted by molar-refractivity contribution is 5.88. The summed E-state index contributed by atoms with van der Waals surface area (Å²) in [4.78, 5) is 25.8. The summed E-state index contributed by atoms with van der Waals surface area (Å²) in [5.74, 6) is 0.111. The number of pyridine rings is 1. The molecule has 4 heterocycles. The molecule has 4 aromatic rings. The molecule has 0 aromatic carbocycles. The van der Waals surface area contributed by atoms with Gasteiger partial charge in [-0.1, -0.05) is 6.07 Å². The molecule has 0 aliphatic carbocycles. The second-order valence-corrected chi connectivity index (χ2v) is 9.35. The van der Waals surface area contributed by atoms with Crippen LogP contribution in [0.15, 0.2) is 48.9 Å². The van der Waals surface area contributed by atoms with Crippen molar-refractivity contribution >= 4 is 17.7 Å². The number of hydrogen-bond donors (Lipinski definition) is 3. The fourth-order valence-corrected chi connectivity index (χ4v) is 4.20. The zero-order valence-electron chi connectivity index (χ0n) is 21.7. The lowest BCUT2D eigenvalue weighted by Gasteiger charge is -2.31. The van der Waals surface area contributed by atoms with Gasteiger partial charge in [-0.25, -0.2) is 14.8 Å². The highest BCUT2D eigenvalue weighted by atomic mass is 16.5. The zero-order chi connectivity index (χ0) is 26.6. The number of aromatic nitrogens is 6. The number of carbonyl (C=O) groups is 1. The van der Waals surface area contributed by atoms with E-state index >= 15 is 0 Å². The molecule has 0 radical (unpaired) electrons. The predicted molar refractivity (Wildman–Crippen MR) is 140 cm³/mol. The average molecular weight is 505 g/mol. The number of ether oxygens (including phenoxy) is 1. The molecule has 0 fully saturated rings. The molecule has 4 rings (SSSR count). The van der Waals surface area contributed by atoms with E-state index < -0.39 is 11.5 Å². The maximum atomic E-state index is 12.2. The van der Waals surface area contributed by atoms with Crippen LogP contribution in [-0.2, 0) is 24.9 Å². The van der Waals surface area contributed by atoms with Crippen LogP contribution < -0.4 is 10.6 Å². The van der Waals surface area contributed by atoms with Gasteiger partial charge in [-0.3, -0.25) is 9.67 Å². The van der Waals surface area contributed by atoms with Crippen LogP contribution in [0.25, 0.3) is 11.3 Å². The molecule has 11 heteroatoms. The van der Waals surface area contributed by atoms with Crippen LogP contribution in [0.4, 0.5) is 11.8 Å². The number of aryl methyl sites for hydroxylation is 3. The number of anilines is 2. The lowest BCUT2D eigenvalue weighted by Crippen LogP contribution is -2.49. The first kappa shape index (κ1) is 26.0. The Balaban J connectivity index is 1.62. The molecule has 11 nitrogen and oxygen atoms in total. The molecule has 3 N–H and O–H groups in total. The molecule has 194 valence electrons. The molecule has 4 aromatic heterocycles. The van der Waals surface area contributed by atoms with Crippen molar-refractivity contribution in [3.63, 3.8) is 0 Å². The summed E-state index contributed by atoms with van der Waals surface area (Å²) in [6.45, 7) is 7.10. The fourth-order valence-electron chi connectivity index (χ4n) is 4.20. The molecule has 0 spiro atoms. The third-order valence-corrected chi connectivity index (χ3v) is 6.05. The Bertz CT molecular complexity index is 1400. The first-order valence-electron chi connectivity index (χ1n) is 11.9. The Morgan fingerprint density at radius 3 is 2.70 bits per heavy atom. The number of aromatic carboxylic acids is 1. The number of rotatable bonds is 11. The third-order valence-electron chi connectivity index (χ3n) is 6.05. The van der Waals surface area contributed by atoms with Crippen LogP contribution >= 0.6 is 0 Å². The van der Waals surface area contributed by atoms with E-state index in [0.717, 1.165) is 22.8 Å². The molecule has 0 aliphatic heterocycles. The SMILES string of the molecule is COCC(C)(Cn1cc(-c2nc(Nc3ccnn3C)ncc2C)cc1C(=O)O)NCc1cccc(C)n1. The monoisotopic (exact) mass is 504 g/mol. The Morgan fingerprint density at radius 1 is 1.22 bits per heavy atom. The van der Waals surface area contributed by atoms with Gasteiger partial charge in [0.05, 0.1) is 29.7 Å². The first-order chi connectivity index (χ1) is 17.7. The molecule has 0 saturated carbocycles. The largest absolute Gasteiger partial charge is 0.477 e. The van der Waals surface area contributed by atoms with Crippen molar-refractivity contribution in [2.24, 2.45) is 7.05 Å². The van der Waals surface area contributed by atoms with Gasteiger partial charge in [0, 0.05) is 57.0 Å². The van der Waals surface area contributed by atoms with Gasteiger partial charge in [0.15, 0.2) is 0 Å². The number of carboxylic acid groups (broad SMARTS) is 1. The van der Waals surface area contributed by atoms with Crippen molar-refractivity contribution < 1.29 is 14.6 Å². The van der Waals surface area contributed by atoms with Crippen molar-refractivity contribution in [1.82, 2.24) is 34.6 Å². The van der Waals surface area contributed by atoms with Crippen LogP contribution in [0.3, 0.4) is 0 Å². The van der Waals surface area contributed by atoms with Crippen LogP contribution in [0.2, 0.25) is 0 Å². The van der Waals surface area contributed by atoms with Gasteiger partial charge in [-0.2, -0.15) is 5.10 Å². The molecule has 1 unspecified atom stereocenters. The van der Waals surface area contributed by atoms with Gasteiger partial charge in [0.1, 0.15) is 11.5 Å². The summed E-state index contributed by atoms with van der Waals surface area (Å²) < 4.78 is 8.90. The van der Waals surface area contributed by atoms with E-state index in [-0.39, 0.29) is 5.69 Å². The van der Waals surface area contributed by atoms with Crippen molar-refractivity contribution in [2.75, 3.05) is 19.0 Å². The molecule has 37 heavy (non-hydrogen) atoms. The second kappa shape index (κ2) is 10.9. The topological polar surface area (TPSA) is 132 Å². The molecular formula is C26H32N8O3. The Kier molecular flexibility index (Phi) is 7.65. The Hall–Kier alpha value is -4.09. The third kappa shape index (κ3) is 6.19. The standard InChI is InChI=1S/C26H32N8O3/c1-17-12-27-25(31-22-9-10-29-33(22)4)32-23(17)19-11-21(24(35)36)34(14-19)15-26(3,16-37-5)28-13-20-8-6-7-18(2)30-20/h6-12,14,28H,13,15-16H2,1-5H3,(H,35,36)(H,27,31,32). The Labute approximate surface area is 215 Å². The smallest absolute Gasteiger partial charge is 0.352 e. The van der Waals surface area contributed by atoms with Crippen LogP contribution in [0, 0.1) is 13.8 Å². The number of nitrogens with zero attached hydrogens (tertiary/aromatic N) is 6. The number of nitrogens with one attached hydrogen (secondary N) is 2. The van der Waals surface area contributed by atoms with Gasteiger partial charge >= 0.3 is 5.97 Å². The summed E-state index contributed by atoms with van der Waals surface area (Å²) in [5.41, 5.74) is 3.59. The van der Waals surface area contributed by atoms with Gasteiger partial charge in [0.2, 0.25) is 5.95 Å². The van der Waals surface area contributed by atoms with Crippen molar-refractivity contribution in [1.29, 1.82) is 0 Å². The van der Waals surface area contributed by atoms with Crippen LogP contribution in [0.1, 0.15) is 34.4 Å². The van der Waals surface area contributed by atoms with E-state index in [4.69, 9.17) is 4.74 Å². The summed E-state index contributed by atoms with van der Waals surface area (Å²) in [6.07, 6.45) is 5.20. The van der Waals surface area contributed by atoms with Gasteiger partial charge < -0.3 is 25.0 Å². The van der Waals surface area contributed by atoms with Gasteiger partial charge in [-0.05, 0) is 44.5 Å². The van der Waals surface area contributed by atoms with Crippen molar-refractivity contribution in [3.05, 3.63) is 71.6 Å². The summed E-state index contributed by atoms with van der Waals surface area (Å²) in [7, 11) is 3.45. The second-order valence-electron chi connectivity index (χ2n) is 9.35. The normalized spacial score (nSPS) is 12.9. The molecular weight excluding hydrogens is 472 g/mol. The molecule has 0 saturated heterocycles. The maximum absolute atomic E-state index is 12.2. The number of methoxy groups -OCH3 is 1. The summed E-state index contributed by atoms with van der Waals surface area (Å²) >= 11 is 0. The van der Waals surface area contributed by atoms with Crippen molar-refractivity contribution in [3.8, 4) is 11.3 Å². The average Bonchev–Trinajstić information content (AvgIpc) is 3.45. The van der Waals surface area contributed by atoms with E-state index in [1.54, 1.807) is 34.8 Å². The highest BCUT2D eigenvalue weighted by Crippen LogP contribution is 2.27. The quantitative estimate of drug-likeness (QED) is 0.281. The zero-order valence-corrected chi connectivity index (χ0v) is 21.7. The minimum Gasteiger partial charge on any atom is -0.477 e. The molecule has 1 atom stereocenters. The summed E-state index contributed by atoms with van der Waals surface area (Å²) in [5, 5.41) is 20.8. The number of hydrogen-bond acceptors (Lipinski definition) is 8. The van der Waals surface area contributed by atoms with Crippen molar-refractivity contribution in [2.45, 2.75) is 39.4 Å². The van der Waals surface area contributed by atoms with E-state index in [1.165, 1.54) is 0 Å². The van der Waals surface area contributed by atoms with Gasteiger partial charge in [0.25, 0.3) is 0 Å². The van der Waals surface area contributed by atoms with E-state index in [2.05, 4.69) is 30.7 Å². The van der Waals surface area contributed by atoms with Gasteiger partial charge in [-0.15, -0.1) is 0 Å². The lowest BCUT2D eigenvalue weighted by atomic mass is 10.0. The molecule has 0 amide bonds. The molecule has 0 bridgehead atoms. The van der Waals surface area contributed by atoms with E-state index in [1.807, 2.05) is 58.3 Å². The van der Waals surface area contributed by atoms with E-state index in [9.17, 15) is 9.90 Å². The Morgan fingerprint density at radius 2 is 2.03 bits per heavy atom. The summed E-state index contributed by atoms with van der Waals surface area (Å²) in [6, 6.07) is 9.33. The first-order valence-corrected chi connectivity index (χ1v) is 11.9. The predicted octanol–water partition coefficient (Wildman–Crippen LogP) is 3.33. The molecule has 0 aliphatic rings. The highest BCUT2D eigenvalue weighted by Gasteiger charge is 2.27. The van der Waals surface area contributed by atoms with Crippen LogP contribution in [0.5, 0.6) is 0 Å². The maximum Gasteiger partial charge on any atom is 0.352 e. The number of carboxylic acids is 1. The fraction of sp³-hybridized carbons (Fsp3) is 0.346.